The second kappa shape index (κ2) is 6.51. The number of morpholine rings is 1. The molecule has 1 aromatic rings. The molecule has 2 rings (SSSR count). The summed E-state index contributed by atoms with van der Waals surface area (Å²) in [5, 5.41) is 6.58. The zero-order valence-electron chi connectivity index (χ0n) is 10.9. The minimum atomic E-state index is 0.184. The van der Waals surface area contributed by atoms with Crippen molar-refractivity contribution in [2.45, 2.75) is 20.0 Å². The first-order valence-electron chi connectivity index (χ1n) is 6.32. The number of nitrogens with zero attached hydrogens (tertiary/aromatic N) is 2. The molecule has 0 aromatic carbocycles. The third-order valence-corrected chi connectivity index (χ3v) is 2.82. The van der Waals surface area contributed by atoms with E-state index in [1.165, 1.54) is 6.33 Å². The lowest BCUT2D eigenvalue weighted by molar-refractivity contribution is 0.0372. The van der Waals surface area contributed by atoms with Gasteiger partial charge < -0.3 is 20.1 Å². The summed E-state index contributed by atoms with van der Waals surface area (Å²) in [5.74, 6) is 1.44. The molecular weight excluding hydrogens is 232 g/mol. The Morgan fingerprint density at radius 2 is 2.44 bits per heavy atom. The lowest BCUT2D eigenvalue weighted by Gasteiger charge is -2.24. The van der Waals surface area contributed by atoms with Crippen molar-refractivity contribution in [3.05, 3.63) is 11.9 Å². The normalized spacial score (nSPS) is 19.6. The third-order valence-electron chi connectivity index (χ3n) is 2.82. The molecule has 1 fully saturated rings. The smallest absolute Gasteiger partial charge is 0.221 e. The molecule has 1 aliphatic rings. The van der Waals surface area contributed by atoms with Gasteiger partial charge in [0.1, 0.15) is 12.1 Å². The van der Waals surface area contributed by atoms with Crippen LogP contribution >= 0.6 is 0 Å². The summed E-state index contributed by atoms with van der Waals surface area (Å²) < 4.78 is 11.1. The van der Waals surface area contributed by atoms with Crippen molar-refractivity contribution in [1.82, 2.24) is 15.3 Å². The van der Waals surface area contributed by atoms with Gasteiger partial charge in [-0.15, -0.1) is 0 Å². The first-order chi connectivity index (χ1) is 8.81. The molecule has 0 saturated carbocycles. The third kappa shape index (κ3) is 3.30. The maximum absolute atomic E-state index is 5.62. The Bertz CT molecular complexity index is 380. The quantitative estimate of drug-likeness (QED) is 0.799. The largest absolute Gasteiger partial charge is 0.478 e. The van der Waals surface area contributed by atoms with Crippen molar-refractivity contribution >= 4 is 5.82 Å². The average Bonchev–Trinajstić information content (AvgIpc) is 2.41. The Morgan fingerprint density at radius 1 is 1.56 bits per heavy atom. The van der Waals surface area contributed by atoms with Gasteiger partial charge in [0, 0.05) is 19.6 Å². The lowest BCUT2D eigenvalue weighted by atomic mass is 10.3. The monoisotopic (exact) mass is 252 g/mol. The van der Waals surface area contributed by atoms with Crippen LogP contribution in [0.2, 0.25) is 0 Å². The van der Waals surface area contributed by atoms with E-state index < -0.39 is 0 Å². The van der Waals surface area contributed by atoms with Crippen LogP contribution in [-0.4, -0.2) is 48.9 Å². The Balaban J connectivity index is 1.93. The molecule has 6 nitrogen and oxygen atoms in total. The van der Waals surface area contributed by atoms with Crippen LogP contribution in [0.1, 0.15) is 12.5 Å². The number of aromatic nitrogens is 2. The highest BCUT2D eigenvalue weighted by Gasteiger charge is 2.14. The molecule has 0 amide bonds. The zero-order chi connectivity index (χ0) is 12.8. The maximum atomic E-state index is 5.62. The highest BCUT2D eigenvalue weighted by atomic mass is 16.5. The Labute approximate surface area is 107 Å². The molecule has 100 valence electrons. The first kappa shape index (κ1) is 13.0. The van der Waals surface area contributed by atoms with Gasteiger partial charge in [-0.2, -0.15) is 0 Å². The minimum Gasteiger partial charge on any atom is -0.478 e. The van der Waals surface area contributed by atoms with Gasteiger partial charge in [0.15, 0.2) is 0 Å². The highest BCUT2D eigenvalue weighted by Crippen LogP contribution is 2.20. The van der Waals surface area contributed by atoms with E-state index in [4.69, 9.17) is 9.47 Å². The molecule has 1 aliphatic heterocycles. The highest BCUT2D eigenvalue weighted by molar-refractivity contribution is 5.47. The molecule has 0 radical (unpaired) electrons. The van der Waals surface area contributed by atoms with E-state index in [9.17, 15) is 0 Å². The van der Waals surface area contributed by atoms with E-state index in [0.29, 0.717) is 12.5 Å². The molecule has 1 saturated heterocycles. The maximum Gasteiger partial charge on any atom is 0.221 e. The van der Waals surface area contributed by atoms with E-state index in [1.54, 1.807) is 0 Å². The summed E-state index contributed by atoms with van der Waals surface area (Å²) in [6, 6.07) is 0. The number of anilines is 1. The molecule has 1 atom stereocenters. The molecule has 18 heavy (non-hydrogen) atoms. The van der Waals surface area contributed by atoms with E-state index in [1.807, 2.05) is 13.8 Å². The fraction of sp³-hybridized carbons (Fsp3) is 0.667. The molecule has 2 heterocycles. The predicted octanol–water partition coefficient (Wildman–Crippen LogP) is 0.584. The number of hydrogen-bond acceptors (Lipinski definition) is 6. The Kier molecular flexibility index (Phi) is 4.72. The second-order valence-electron chi connectivity index (χ2n) is 4.16. The van der Waals surface area contributed by atoms with Gasteiger partial charge in [-0.05, 0) is 13.8 Å². The molecule has 1 aromatic heterocycles. The van der Waals surface area contributed by atoms with E-state index >= 15 is 0 Å². The summed E-state index contributed by atoms with van der Waals surface area (Å²) >= 11 is 0. The lowest BCUT2D eigenvalue weighted by Crippen LogP contribution is -2.42. The van der Waals surface area contributed by atoms with Crippen molar-refractivity contribution < 1.29 is 9.47 Å². The van der Waals surface area contributed by atoms with E-state index in [-0.39, 0.29) is 6.10 Å². The van der Waals surface area contributed by atoms with E-state index in [2.05, 4.69) is 20.6 Å². The fourth-order valence-electron chi connectivity index (χ4n) is 1.86. The van der Waals surface area contributed by atoms with Gasteiger partial charge in [0.05, 0.1) is 24.9 Å². The van der Waals surface area contributed by atoms with Crippen molar-refractivity contribution in [2.75, 3.05) is 38.2 Å². The van der Waals surface area contributed by atoms with Crippen LogP contribution in [0.5, 0.6) is 5.88 Å². The van der Waals surface area contributed by atoms with Gasteiger partial charge in [0.25, 0.3) is 0 Å². The van der Waals surface area contributed by atoms with Crippen LogP contribution in [0.15, 0.2) is 6.33 Å². The summed E-state index contributed by atoms with van der Waals surface area (Å²) in [6.07, 6.45) is 1.70. The van der Waals surface area contributed by atoms with Crippen LogP contribution in [-0.2, 0) is 4.74 Å². The molecule has 1 unspecified atom stereocenters. The van der Waals surface area contributed by atoms with Crippen molar-refractivity contribution in [3.63, 3.8) is 0 Å². The van der Waals surface area contributed by atoms with Crippen LogP contribution in [0.4, 0.5) is 5.82 Å². The molecule has 2 N–H and O–H groups in total. The van der Waals surface area contributed by atoms with Crippen LogP contribution < -0.4 is 15.4 Å². The first-order valence-corrected chi connectivity index (χ1v) is 6.32. The van der Waals surface area contributed by atoms with Gasteiger partial charge in [-0.3, -0.25) is 0 Å². The summed E-state index contributed by atoms with van der Waals surface area (Å²) in [7, 11) is 0. The molecule has 6 heteroatoms. The predicted molar refractivity (Wildman–Crippen MR) is 69.0 cm³/mol. The number of hydrogen-bond donors (Lipinski definition) is 2. The summed E-state index contributed by atoms with van der Waals surface area (Å²) in [4.78, 5) is 8.33. The Hall–Kier alpha value is -1.40. The standard InChI is InChI=1S/C12H20N4O2/c1-3-17-12-9(2)11(15-8-16-12)14-7-10-6-13-4-5-18-10/h8,10,13H,3-7H2,1-2H3,(H,14,15,16). The van der Waals surface area contributed by atoms with Crippen molar-refractivity contribution in [3.8, 4) is 5.88 Å². The summed E-state index contributed by atoms with van der Waals surface area (Å²) in [6.45, 7) is 7.79. The topological polar surface area (TPSA) is 68.3 Å². The fourth-order valence-corrected chi connectivity index (χ4v) is 1.86. The molecule has 0 aliphatic carbocycles. The van der Waals surface area contributed by atoms with Crippen molar-refractivity contribution in [1.29, 1.82) is 0 Å². The van der Waals surface area contributed by atoms with Gasteiger partial charge in [0.2, 0.25) is 5.88 Å². The van der Waals surface area contributed by atoms with Crippen LogP contribution in [0.3, 0.4) is 0 Å². The van der Waals surface area contributed by atoms with Crippen LogP contribution in [0, 0.1) is 6.92 Å². The Morgan fingerprint density at radius 3 is 3.17 bits per heavy atom. The molecule has 0 spiro atoms. The number of rotatable bonds is 5. The van der Waals surface area contributed by atoms with Gasteiger partial charge in [-0.1, -0.05) is 0 Å². The van der Waals surface area contributed by atoms with E-state index in [0.717, 1.165) is 37.6 Å². The minimum absolute atomic E-state index is 0.184. The SMILES string of the molecule is CCOc1ncnc(NCC2CNCCO2)c1C. The number of nitrogens with one attached hydrogen (secondary N) is 2. The zero-order valence-corrected chi connectivity index (χ0v) is 10.9. The van der Waals surface area contributed by atoms with Gasteiger partial charge >= 0.3 is 0 Å². The average molecular weight is 252 g/mol. The molecule has 0 bridgehead atoms. The molecular formula is C12H20N4O2. The summed E-state index contributed by atoms with van der Waals surface area (Å²) in [5.41, 5.74) is 0.933. The van der Waals surface area contributed by atoms with Crippen LogP contribution in [0.25, 0.3) is 0 Å². The van der Waals surface area contributed by atoms with Crippen molar-refractivity contribution in [2.24, 2.45) is 0 Å². The van der Waals surface area contributed by atoms with Gasteiger partial charge in [-0.25, -0.2) is 9.97 Å². The second-order valence-corrected chi connectivity index (χ2v) is 4.16. The number of ether oxygens (including phenoxy) is 2.